The lowest BCUT2D eigenvalue weighted by Gasteiger charge is -2.05. The second kappa shape index (κ2) is 6.02. The number of aryl methyl sites for hydroxylation is 1. The molecule has 0 atom stereocenters. The van der Waals surface area contributed by atoms with Gasteiger partial charge >= 0.3 is 0 Å². The van der Waals surface area contributed by atoms with E-state index in [0.717, 1.165) is 28.8 Å². The number of aromatic amines is 1. The van der Waals surface area contributed by atoms with Crippen molar-refractivity contribution >= 4 is 5.65 Å². The van der Waals surface area contributed by atoms with Gasteiger partial charge in [-0.3, -0.25) is 9.89 Å². The number of H-pyrrole nitrogens is 1. The summed E-state index contributed by atoms with van der Waals surface area (Å²) >= 11 is 0. The summed E-state index contributed by atoms with van der Waals surface area (Å²) in [4.78, 5) is 17.6. The third-order valence-electron chi connectivity index (χ3n) is 4.78. The fourth-order valence-corrected chi connectivity index (χ4v) is 3.45. The maximum absolute atomic E-state index is 12.8. The minimum Gasteiger partial charge on any atom is -0.454 e. The quantitative estimate of drug-likeness (QED) is 0.606. The van der Waals surface area contributed by atoms with Crippen LogP contribution in [0.1, 0.15) is 12.6 Å². The molecule has 27 heavy (non-hydrogen) atoms. The van der Waals surface area contributed by atoms with Crippen molar-refractivity contribution in [1.82, 2.24) is 14.6 Å². The largest absolute Gasteiger partial charge is 0.454 e. The first-order chi connectivity index (χ1) is 13.2. The molecule has 134 valence electrons. The molecular weight excluding hydrogens is 342 g/mol. The standard InChI is InChI=1S/C21H17N3O3/c1-2-15-20(13-6-4-3-5-7-13)21-22-16(11-19(25)24(21)23-15)14-8-9-17-18(10-14)27-12-26-17/h3-11,23H,2,12H2,1H3. The molecule has 1 aliphatic rings. The summed E-state index contributed by atoms with van der Waals surface area (Å²) in [6, 6.07) is 17.1. The monoisotopic (exact) mass is 359 g/mol. The van der Waals surface area contributed by atoms with Crippen molar-refractivity contribution in [2.75, 3.05) is 6.79 Å². The Kier molecular flexibility index (Phi) is 3.50. The minimum atomic E-state index is -0.149. The Labute approximate surface area is 155 Å². The van der Waals surface area contributed by atoms with Crippen LogP contribution in [-0.4, -0.2) is 21.4 Å². The van der Waals surface area contributed by atoms with Crippen molar-refractivity contribution in [1.29, 1.82) is 0 Å². The number of hydrogen-bond acceptors (Lipinski definition) is 4. The second-order valence-corrected chi connectivity index (χ2v) is 6.39. The second-order valence-electron chi connectivity index (χ2n) is 6.39. The van der Waals surface area contributed by atoms with Gasteiger partial charge in [-0.25, -0.2) is 9.50 Å². The lowest BCUT2D eigenvalue weighted by Crippen LogP contribution is -2.14. The van der Waals surface area contributed by atoms with E-state index in [1.54, 1.807) is 0 Å². The maximum Gasteiger partial charge on any atom is 0.273 e. The first kappa shape index (κ1) is 15.7. The number of fused-ring (bicyclic) bond motifs is 2. The molecule has 2 aromatic carbocycles. The van der Waals surface area contributed by atoms with E-state index < -0.39 is 0 Å². The molecule has 6 nitrogen and oxygen atoms in total. The molecule has 0 spiro atoms. The Morgan fingerprint density at radius 1 is 1.04 bits per heavy atom. The number of aromatic nitrogens is 3. The summed E-state index contributed by atoms with van der Waals surface area (Å²) in [6.45, 7) is 2.27. The predicted molar refractivity (Wildman–Crippen MR) is 102 cm³/mol. The molecule has 0 saturated heterocycles. The first-order valence-electron chi connectivity index (χ1n) is 8.84. The number of rotatable bonds is 3. The van der Waals surface area contributed by atoms with E-state index >= 15 is 0 Å². The molecule has 3 heterocycles. The normalized spacial score (nSPS) is 12.6. The van der Waals surface area contributed by atoms with Crippen LogP contribution in [0.25, 0.3) is 28.0 Å². The van der Waals surface area contributed by atoms with Gasteiger partial charge in [0.1, 0.15) is 0 Å². The summed E-state index contributed by atoms with van der Waals surface area (Å²) in [5.41, 5.74) is 4.87. The van der Waals surface area contributed by atoms with Crippen molar-refractivity contribution in [3.05, 3.63) is 70.6 Å². The maximum atomic E-state index is 12.8. The Hall–Kier alpha value is -3.54. The molecule has 0 amide bonds. The van der Waals surface area contributed by atoms with E-state index in [1.807, 2.05) is 48.5 Å². The van der Waals surface area contributed by atoms with Crippen LogP contribution >= 0.6 is 0 Å². The van der Waals surface area contributed by atoms with Crippen molar-refractivity contribution in [3.63, 3.8) is 0 Å². The third kappa shape index (κ3) is 2.49. The average Bonchev–Trinajstić information content (AvgIpc) is 3.32. The number of nitrogens with one attached hydrogen (secondary N) is 1. The molecule has 5 rings (SSSR count). The molecule has 0 saturated carbocycles. The molecule has 0 unspecified atom stereocenters. The van der Waals surface area contributed by atoms with Gasteiger partial charge in [0.15, 0.2) is 17.1 Å². The lowest BCUT2D eigenvalue weighted by molar-refractivity contribution is 0.174. The Morgan fingerprint density at radius 2 is 1.85 bits per heavy atom. The van der Waals surface area contributed by atoms with Crippen LogP contribution < -0.4 is 15.0 Å². The van der Waals surface area contributed by atoms with Crippen LogP contribution in [0.5, 0.6) is 11.5 Å². The lowest BCUT2D eigenvalue weighted by atomic mass is 10.0. The summed E-state index contributed by atoms with van der Waals surface area (Å²) in [7, 11) is 0. The zero-order valence-electron chi connectivity index (χ0n) is 14.7. The van der Waals surface area contributed by atoms with Crippen molar-refractivity contribution in [3.8, 4) is 33.9 Å². The third-order valence-corrected chi connectivity index (χ3v) is 4.78. The molecule has 0 radical (unpaired) electrons. The summed E-state index contributed by atoms with van der Waals surface area (Å²) in [5.74, 6) is 1.37. The highest BCUT2D eigenvalue weighted by molar-refractivity contribution is 5.81. The molecule has 0 bridgehead atoms. The molecule has 0 aliphatic carbocycles. The summed E-state index contributed by atoms with van der Waals surface area (Å²) < 4.78 is 12.3. The number of nitrogens with zero attached hydrogens (tertiary/aromatic N) is 2. The van der Waals surface area contributed by atoms with Gasteiger partial charge in [0.2, 0.25) is 6.79 Å². The van der Waals surface area contributed by atoms with Crippen molar-refractivity contribution < 1.29 is 9.47 Å². The van der Waals surface area contributed by atoms with Crippen molar-refractivity contribution in [2.45, 2.75) is 13.3 Å². The molecule has 2 aromatic heterocycles. The topological polar surface area (TPSA) is 68.6 Å². The predicted octanol–water partition coefficient (Wildman–Crippen LogP) is 3.65. The van der Waals surface area contributed by atoms with Gasteiger partial charge in [-0.05, 0) is 30.2 Å². The Balaban J connectivity index is 1.76. The van der Waals surface area contributed by atoms with Crippen LogP contribution in [0.4, 0.5) is 0 Å². The molecular formula is C21H17N3O3. The summed E-state index contributed by atoms with van der Waals surface area (Å²) in [5, 5.41) is 3.20. The minimum absolute atomic E-state index is 0.149. The zero-order chi connectivity index (χ0) is 18.4. The van der Waals surface area contributed by atoms with Gasteiger partial charge in [0.25, 0.3) is 5.56 Å². The zero-order valence-corrected chi connectivity index (χ0v) is 14.7. The van der Waals surface area contributed by atoms with Gasteiger partial charge in [0, 0.05) is 22.9 Å². The van der Waals surface area contributed by atoms with Crippen LogP contribution in [-0.2, 0) is 6.42 Å². The molecule has 0 fully saturated rings. The highest BCUT2D eigenvalue weighted by Crippen LogP contribution is 2.36. The van der Waals surface area contributed by atoms with Crippen LogP contribution in [0.15, 0.2) is 59.4 Å². The highest BCUT2D eigenvalue weighted by atomic mass is 16.7. The smallest absolute Gasteiger partial charge is 0.273 e. The Morgan fingerprint density at radius 3 is 2.67 bits per heavy atom. The number of hydrogen-bond donors (Lipinski definition) is 1. The van der Waals surface area contributed by atoms with E-state index in [2.05, 4.69) is 12.0 Å². The molecule has 4 aromatic rings. The van der Waals surface area contributed by atoms with Crippen molar-refractivity contribution in [2.24, 2.45) is 0 Å². The van der Waals surface area contributed by atoms with Crippen LogP contribution in [0.2, 0.25) is 0 Å². The fourth-order valence-electron chi connectivity index (χ4n) is 3.45. The van der Waals surface area contributed by atoms with Gasteiger partial charge < -0.3 is 9.47 Å². The number of benzene rings is 2. The van der Waals surface area contributed by atoms with Gasteiger partial charge in [0.05, 0.1) is 5.69 Å². The first-order valence-corrected chi connectivity index (χ1v) is 8.84. The van der Waals surface area contributed by atoms with Gasteiger partial charge in [-0.2, -0.15) is 0 Å². The molecule has 1 aliphatic heterocycles. The van der Waals surface area contributed by atoms with Gasteiger partial charge in [-0.15, -0.1) is 0 Å². The average molecular weight is 359 g/mol. The fraction of sp³-hybridized carbons (Fsp3) is 0.143. The van der Waals surface area contributed by atoms with Crippen LogP contribution in [0, 0.1) is 0 Å². The summed E-state index contributed by atoms with van der Waals surface area (Å²) in [6.07, 6.45) is 0.770. The highest BCUT2D eigenvalue weighted by Gasteiger charge is 2.18. The Bertz CT molecular complexity index is 1210. The van der Waals surface area contributed by atoms with E-state index in [4.69, 9.17) is 14.5 Å². The number of ether oxygens (including phenoxy) is 2. The van der Waals surface area contributed by atoms with E-state index in [-0.39, 0.29) is 12.4 Å². The van der Waals surface area contributed by atoms with Gasteiger partial charge in [-0.1, -0.05) is 37.3 Å². The van der Waals surface area contributed by atoms with E-state index in [1.165, 1.54) is 10.6 Å². The van der Waals surface area contributed by atoms with Crippen LogP contribution in [0.3, 0.4) is 0 Å². The molecule has 1 N–H and O–H groups in total. The molecule has 6 heteroatoms. The van der Waals surface area contributed by atoms with E-state index in [0.29, 0.717) is 22.8 Å². The SMILES string of the molecule is CCc1[nH]n2c(=O)cc(-c3ccc4c(c3)OCO4)nc2c1-c1ccccc1. The van der Waals surface area contributed by atoms with E-state index in [9.17, 15) is 4.79 Å².